The van der Waals surface area contributed by atoms with Crippen molar-refractivity contribution in [1.29, 1.82) is 0 Å². The van der Waals surface area contributed by atoms with Crippen LogP contribution in [0.25, 0.3) is 11.2 Å². The Balaban J connectivity index is 1.06. The molecule has 2 saturated heterocycles. The molecule has 2 aromatic heterocycles. The fourth-order valence-electron chi connectivity index (χ4n) is 5.67. The molecule has 184 valence electrons. The third-order valence-electron chi connectivity index (χ3n) is 7.68. The number of fused-ring (bicyclic) bond motifs is 2. The predicted octanol–water partition coefficient (Wildman–Crippen LogP) is 3.83. The van der Waals surface area contributed by atoms with Crippen LogP contribution in [0.2, 0.25) is 0 Å². The number of piperidine rings is 1. The summed E-state index contributed by atoms with van der Waals surface area (Å²) in [6, 6.07) is 9.74. The first-order valence-corrected chi connectivity index (χ1v) is 12.7. The van der Waals surface area contributed by atoms with Gasteiger partial charge in [0.25, 0.3) is 0 Å². The summed E-state index contributed by atoms with van der Waals surface area (Å²) in [4.78, 5) is 24.2. The average Bonchev–Trinajstić information content (AvgIpc) is 3.51. The number of nitrogens with zero attached hydrogens (tertiary/aromatic N) is 5. The van der Waals surface area contributed by atoms with Gasteiger partial charge >= 0.3 is 6.09 Å². The summed E-state index contributed by atoms with van der Waals surface area (Å²) in [6.07, 6.45) is 5.76. The second-order valence-electron chi connectivity index (χ2n) is 9.92. The minimum atomic E-state index is -0.348. The molecule has 0 bridgehead atoms. The van der Waals surface area contributed by atoms with Crippen molar-refractivity contribution < 1.29 is 14.3 Å². The minimum Gasteiger partial charge on any atom is -0.445 e. The van der Waals surface area contributed by atoms with Gasteiger partial charge in [-0.15, -0.1) is 0 Å². The van der Waals surface area contributed by atoms with Gasteiger partial charge in [-0.3, -0.25) is 0 Å². The van der Waals surface area contributed by atoms with E-state index in [4.69, 9.17) is 24.5 Å². The Morgan fingerprint density at radius 3 is 2.91 bits per heavy atom. The minimum absolute atomic E-state index is 0.0595. The van der Waals surface area contributed by atoms with E-state index in [1.165, 1.54) is 0 Å². The molecule has 1 aromatic carbocycles. The van der Waals surface area contributed by atoms with E-state index in [0.717, 1.165) is 73.6 Å². The molecule has 1 aliphatic carbocycles. The molecule has 3 fully saturated rings. The second kappa shape index (κ2) is 9.45. The predicted molar refractivity (Wildman–Crippen MR) is 131 cm³/mol. The Morgan fingerprint density at radius 2 is 2.09 bits per heavy atom. The zero-order chi connectivity index (χ0) is 23.8. The lowest BCUT2D eigenvalue weighted by atomic mass is 10.1. The molecule has 1 amide bonds. The summed E-state index contributed by atoms with van der Waals surface area (Å²) in [5.41, 5.74) is 3.53. The summed E-state index contributed by atoms with van der Waals surface area (Å²) in [5, 5.41) is 7.67. The molecule has 4 heterocycles. The highest BCUT2D eigenvalue weighted by Gasteiger charge is 2.52. The third kappa shape index (κ3) is 4.57. The second-order valence-corrected chi connectivity index (χ2v) is 9.92. The van der Waals surface area contributed by atoms with Gasteiger partial charge in [0, 0.05) is 26.2 Å². The Morgan fingerprint density at radius 1 is 1.20 bits per heavy atom. The van der Waals surface area contributed by atoms with Crippen LogP contribution in [0.1, 0.15) is 43.2 Å². The number of hydrogen-bond donors (Lipinski definition) is 1. The number of hydrogen-bond acceptors (Lipinski definition) is 7. The fraction of sp³-hybridized carbons (Fsp3) is 0.538. The van der Waals surface area contributed by atoms with E-state index >= 15 is 0 Å². The van der Waals surface area contributed by atoms with E-state index in [1.807, 2.05) is 48.1 Å². The first-order chi connectivity index (χ1) is 17.2. The molecule has 3 aromatic rings. The zero-order valence-electron chi connectivity index (χ0n) is 20.1. The summed E-state index contributed by atoms with van der Waals surface area (Å²) in [7, 11) is 0. The van der Waals surface area contributed by atoms with Crippen molar-refractivity contribution >= 4 is 23.1 Å². The first kappa shape index (κ1) is 22.3. The van der Waals surface area contributed by atoms with Crippen molar-refractivity contribution in [1.82, 2.24) is 25.1 Å². The normalized spacial score (nSPS) is 25.8. The standard InChI is InChI=1S/C26H32N6O3/c1-17-24-25(32(30-17)23-9-5-6-12-34-23)29-22(14-27-24)31-11-10-19-20(21(19)15-31)13-28-26(33)35-16-18-7-3-2-4-8-18/h2-4,7-8,14,19-21,23H,5-6,9-13,15-16H2,1H3,(H,28,33). The lowest BCUT2D eigenvalue weighted by Crippen LogP contribution is -2.32. The molecule has 1 N–H and O–H groups in total. The molecule has 35 heavy (non-hydrogen) atoms. The Hall–Kier alpha value is -3.20. The van der Waals surface area contributed by atoms with Crippen molar-refractivity contribution in [3.8, 4) is 0 Å². The van der Waals surface area contributed by atoms with Gasteiger partial charge in [-0.1, -0.05) is 30.3 Å². The number of rotatable bonds is 6. The van der Waals surface area contributed by atoms with Gasteiger partial charge in [0.05, 0.1) is 11.9 Å². The molecule has 6 rings (SSSR count). The van der Waals surface area contributed by atoms with E-state index in [9.17, 15) is 4.79 Å². The fourth-order valence-corrected chi connectivity index (χ4v) is 5.67. The van der Waals surface area contributed by atoms with Crippen molar-refractivity contribution in [3.05, 3.63) is 47.8 Å². The molecule has 0 spiro atoms. The maximum Gasteiger partial charge on any atom is 0.407 e. The SMILES string of the molecule is Cc1nn(C2CCCCO2)c2nc(N3CCC4C(CNC(=O)OCc5ccccc5)C4C3)cnc12. The van der Waals surface area contributed by atoms with E-state index in [2.05, 4.69) is 10.2 Å². The summed E-state index contributed by atoms with van der Waals surface area (Å²) in [5.74, 6) is 2.60. The van der Waals surface area contributed by atoms with Gasteiger partial charge in [0.15, 0.2) is 11.9 Å². The summed E-state index contributed by atoms with van der Waals surface area (Å²) < 4.78 is 13.3. The van der Waals surface area contributed by atoms with Crippen LogP contribution in [0.15, 0.2) is 36.5 Å². The van der Waals surface area contributed by atoms with Gasteiger partial charge < -0.3 is 19.7 Å². The van der Waals surface area contributed by atoms with E-state index < -0.39 is 0 Å². The van der Waals surface area contributed by atoms with Crippen LogP contribution in [-0.4, -0.2) is 52.1 Å². The maximum atomic E-state index is 12.1. The van der Waals surface area contributed by atoms with E-state index in [-0.39, 0.29) is 12.3 Å². The molecule has 9 nitrogen and oxygen atoms in total. The molecular formula is C26H32N6O3. The number of carbonyl (C=O) groups is 1. The molecule has 9 heteroatoms. The van der Waals surface area contributed by atoms with Gasteiger partial charge in [0.1, 0.15) is 17.9 Å². The number of alkyl carbamates (subject to hydrolysis) is 1. The highest BCUT2D eigenvalue weighted by molar-refractivity contribution is 5.75. The number of carbonyl (C=O) groups excluding carboxylic acids is 1. The van der Waals surface area contributed by atoms with E-state index in [1.54, 1.807) is 0 Å². The Labute approximate surface area is 204 Å². The largest absolute Gasteiger partial charge is 0.445 e. The quantitative estimate of drug-likeness (QED) is 0.578. The van der Waals surface area contributed by atoms with Gasteiger partial charge in [-0.25, -0.2) is 19.4 Å². The lowest BCUT2D eigenvalue weighted by molar-refractivity contribution is -0.0371. The monoisotopic (exact) mass is 476 g/mol. The Bertz CT molecular complexity index is 1190. The van der Waals surface area contributed by atoms with Crippen molar-refractivity contribution in [2.75, 3.05) is 31.1 Å². The molecule has 4 atom stereocenters. The third-order valence-corrected chi connectivity index (χ3v) is 7.68. The molecule has 2 aliphatic heterocycles. The number of benzene rings is 1. The highest BCUT2D eigenvalue weighted by atomic mass is 16.5. The highest BCUT2D eigenvalue weighted by Crippen LogP contribution is 2.51. The molecule has 1 saturated carbocycles. The zero-order valence-corrected chi connectivity index (χ0v) is 20.1. The smallest absolute Gasteiger partial charge is 0.407 e. The van der Waals surface area contributed by atoms with Gasteiger partial charge in [-0.05, 0) is 55.9 Å². The first-order valence-electron chi connectivity index (χ1n) is 12.7. The number of anilines is 1. The molecule has 0 radical (unpaired) electrons. The van der Waals surface area contributed by atoms with Crippen LogP contribution in [0.4, 0.5) is 10.6 Å². The van der Waals surface area contributed by atoms with Crippen LogP contribution in [0.5, 0.6) is 0 Å². The number of aryl methyl sites for hydroxylation is 1. The van der Waals surface area contributed by atoms with Crippen molar-refractivity contribution in [2.45, 2.75) is 45.4 Å². The van der Waals surface area contributed by atoms with Crippen molar-refractivity contribution in [2.24, 2.45) is 17.8 Å². The van der Waals surface area contributed by atoms with Crippen molar-refractivity contribution in [3.63, 3.8) is 0 Å². The number of aromatic nitrogens is 4. The maximum absolute atomic E-state index is 12.1. The topological polar surface area (TPSA) is 94.4 Å². The van der Waals surface area contributed by atoms with Crippen LogP contribution in [0, 0.1) is 24.7 Å². The van der Waals surface area contributed by atoms with Crippen LogP contribution in [0.3, 0.4) is 0 Å². The lowest BCUT2D eigenvalue weighted by Gasteiger charge is -2.27. The van der Waals surface area contributed by atoms with E-state index in [0.29, 0.717) is 30.9 Å². The van der Waals surface area contributed by atoms with Crippen LogP contribution in [-0.2, 0) is 16.1 Å². The molecule has 3 aliphatic rings. The number of amides is 1. The molecular weight excluding hydrogens is 444 g/mol. The van der Waals surface area contributed by atoms with Gasteiger partial charge in [0.2, 0.25) is 0 Å². The number of ether oxygens (including phenoxy) is 2. The Kier molecular flexibility index (Phi) is 6.01. The van der Waals surface area contributed by atoms with Crippen LogP contribution >= 0.6 is 0 Å². The molecule has 4 unspecified atom stereocenters. The summed E-state index contributed by atoms with van der Waals surface area (Å²) in [6.45, 7) is 5.58. The average molecular weight is 477 g/mol. The number of nitrogens with one attached hydrogen (secondary N) is 1. The summed E-state index contributed by atoms with van der Waals surface area (Å²) >= 11 is 0. The van der Waals surface area contributed by atoms with Crippen LogP contribution < -0.4 is 10.2 Å². The van der Waals surface area contributed by atoms with Gasteiger partial charge in [-0.2, -0.15) is 5.10 Å².